The predicted molar refractivity (Wildman–Crippen MR) is 96.7 cm³/mol. The lowest BCUT2D eigenvalue weighted by molar-refractivity contribution is -0.117. The Bertz CT molecular complexity index is 893. The Morgan fingerprint density at radius 2 is 1.88 bits per heavy atom. The summed E-state index contributed by atoms with van der Waals surface area (Å²) in [5.41, 5.74) is 3.69. The number of hydrogen-bond acceptors (Lipinski definition) is 4. The normalized spacial score (nSPS) is 18.3. The van der Waals surface area contributed by atoms with Crippen molar-refractivity contribution in [1.29, 1.82) is 0 Å². The summed E-state index contributed by atoms with van der Waals surface area (Å²) in [6, 6.07) is 10.8. The van der Waals surface area contributed by atoms with Crippen molar-refractivity contribution in [3.05, 3.63) is 53.1 Å². The van der Waals surface area contributed by atoms with Gasteiger partial charge in [-0.25, -0.2) is 0 Å². The van der Waals surface area contributed by atoms with E-state index in [0.717, 1.165) is 11.3 Å². The first kappa shape index (κ1) is 16.4. The van der Waals surface area contributed by atoms with Crippen LogP contribution >= 0.6 is 0 Å². The zero-order valence-electron chi connectivity index (χ0n) is 14.7. The highest BCUT2D eigenvalue weighted by Crippen LogP contribution is 2.32. The third-order valence-electron chi connectivity index (χ3n) is 4.90. The van der Waals surface area contributed by atoms with Crippen LogP contribution in [-0.2, 0) is 4.79 Å². The maximum absolute atomic E-state index is 12.5. The van der Waals surface area contributed by atoms with Crippen LogP contribution in [0.1, 0.15) is 27.9 Å². The molecule has 2 aliphatic heterocycles. The van der Waals surface area contributed by atoms with Gasteiger partial charge in [0.15, 0.2) is 11.5 Å². The summed E-state index contributed by atoms with van der Waals surface area (Å²) in [6.45, 7) is 4.71. The number of anilines is 1. The SMILES string of the molecule is Cc1ccc(N2C[C@H](NC(=O)c3ccc4c(c3)OCO4)CC2=O)cc1C. The molecule has 1 N–H and O–H groups in total. The average molecular weight is 352 g/mol. The number of nitrogens with one attached hydrogen (secondary N) is 1. The second-order valence-corrected chi connectivity index (χ2v) is 6.72. The first-order chi connectivity index (χ1) is 12.5. The maximum Gasteiger partial charge on any atom is 0.251 e. The number of hydrogen-bond donors (Lipinski definition) is 1. The van der Waals surface area contributed by atoms with Gasteiger partial charge in [0.25, 0.3) is 5.91 Å². The zero-order valence-corrected chi connectivity index (χ0v) is 14.7. The van der Waals surface area contributed by atoms with E-state index in [1.165, 1.54) is 5.56 Å². The summed E-state index contributed by atoms with van der Waals surface area (Å²) in [7, 11) is 0. The van der Waals surface area contributed by atoms with Crippen molar-refractivity contribution in [1.82, 2.24) is 5.32 Å². The van der Waals surface area contributed by atoms with E-state index in [1.807, 2.05) is 32.0 Å². The Morgan fingerprint density at radius 3 is 2.69 bits per heavy atom. The highest BCUT2D eigenvalue weighted by atomic mass is 16.7. The topological polar surface area (TPSA) is 67.9 Å². The molecule has 134 valence electrons. The molecule has 2 aliphatic rings. The van der Waals surface area contributed by atoms with Gasteiger partial charge in [-0.15, -0.1) is 0 Å². The Hall–Kier alpha value is -3.02. The second-order valence-electron chi connectivity index (χ2n) is 6.72. The molecule has 2 heterocycles. The number of carbonyl (C=O) groups excluding carboxylic acids is 2. The van der Waals surface area contributed by atoms with Gasteiger partial charge in [0.2, 0.25) is 12.7 Å². The fraction of sp³-hybridized carbons (Fsp3) is 0.300. The van der Waals surface area contributed by atoms with Crippen LogP contribution in [-0.4, -0.2) is 31.2 Å². The minimum absolute atomic E-state index is 0.0178. The molecule has 1 fully saturated rings. The first-order valence-corrected chi connectivity index (χ1v) is 8.59. The fourth-order valence-corrected chi connectivity index (χ4v) is 3.25. The van der Waals surface area contributed by atoms with Gasteiger partial charge in [-0.1, -0.05) is 6.07 Å². The second kappa shape index (κ2) is 6.37. The molecule has 4 rings (SSSR count). The maximum atomic E-state index is 12.5. The standard InChI is InChI=1S/C20H20N2O4/c1-12-3-5-16(7-13(12)2)22-10-15(9-19(22)23)21-20(24)14-4-6-17-18(8-14)26-11-25-17/h3-8,15H,9-11H2,1-2H3,(H,21,24)/t15-/m1/s1. The van der Waals surface area contributed by atoms with Gasteiger partial charge < -0.3 is 19.7 Å². The van der Waals surface area contributed by atoms with Crippen molar-refractivity contribution in [2.75, 3.05) is 18.2 Å². The number of rotatable bonds is 3. The Morgan fingerprint density at radius 1 is 1.08 bits per heavy atom. The molecule has 1 atom stereocenters. The van der Waals surface area contributed by atoms with Crippen molar-refractivity contribution in [3.8, 4) is 11.5 Å². The molecule has 6 nitrogen and oxygen atoms in total. The van der Waals surface area contributed by atoms with Gasteiger partial charge in [-0.3, -0.25) is 9.59 Å². The number of nitrogens with zero attached hydrogens (tertiary/aromatic N) is 1. The lowest BCUT2D eigenvalue weighted by Gasteiger charge is -2.18. The van der Waals surface area contributed by atoms with E-state index in [9.17, 15) is 9.59 Å². The number of amides is 2. The summed E-state index contributed by atoms with van der Waals surface area (Å²) in [5.74, 6) is 1.00. The Kier molecular flexibility index (Phi) is 4.03. The molecule has 0 bridgehead atoms. The monoisotopic (exact) mass is 352 g/mol. The van der Waals surface area contributed by atoms with E-state index in [2.05, 4.69) is 5.32 Å². The van der Waals surface area contributed by atoms with Crippen molar-refractivity contribution in [2.45, 2.75) is 26.3 Å². The molecule has 0 saturated carbocycles. The lowest BCUT2D eigenvalue weighted by atomic mass is 10.1. The van der Waals surface area contributed by atoms with Crippen LogP contribution in [0.4, 0.5) is 5.69 Å². The molecule has 0 unspecified atom stereocenters. The molecule has 0 radical (unpaired) electrons. The molecular formula is C20H20N2O4. The van der Waals surface area contributed by atoms with Gasteiger partial charge >= 0.3 is 0 Å². The van der Waals surface area contributed by atoms with Crippen molar-refractivity contribution in [3.63, 3.8) is 0 Å². The van der Waals surface area contributed by atoms with Crippen LogP contribution in [0.15, 0.2) is 36.4 Å². The Labute approximate surface area is 151 Å². The van der Waals surface area contributed by atoms with E-state index < -0.39 is 0 Å². The molecule has 2 aromatic carbocycles. The van der Waals surface area contributed by atoms with E-state index >= 15 is 0 Å². The van der Waals surface area contributed by atoms with Crippen LogP contribution in [0.3, 0.4) is 0 Å². The minimum Gasteiger partial charge on any atom is -0.454 e. The quantitative estimate of drug-likeness (QED) is 0.922. The molecule has 0 aliphatic carbocycles. The summed E-state index contributed by atoms with van der Waals surface area (Å²) < 4.78 is 10.6. The van der Waals surface area contributed by atoms with Crippen LogP contribution in [0, 0.1) is 13.8 Å². The van der Waals surface area contributed by atoms with Gasteiger partial charge in [0, 0.05) is 24.2 Å². The number of fused-ring (bicyclic) bond motifs is 1. The van der Waals surface area contributed by atoms with Crippen LogP contribution in [0.2, 0.25) is 0 Å². The van der Waals surface area contributed by atoms with Gasteiger partial charge in [0.1, 0.15) is 0 Å². The van der Waals surface area contributed by atoms with Gasteiger partial charge in [-0.2, -0.15) is 0 Å². The highest BCUT2D eigenvalue weighted by Gasteiger charge is 2.32. The van der Waals surface area contributed by atoms with E-state index in [4.69, 9.17) is 9.47 Å². The predicted octanol–water partition coefficient (Wildman–Crippen LogP) is 2.57. The molecule has 6 heteroatoms. The lowest BCUT2D eigenvalue weighted by Crippen LogP contribution is -2.37. The molecule has 0 spiro atoms. The number of ether oxygens (including phenoxy) is 2. The molecule has 0 aromatic heterocycles. The van der Waals surface area contributed by atoms with Crippen LogP contribution < -0.4 is 19.7 Å². The zero-order chi connectivity index (χ0) is 18.3. The number of carbonyl (C=O) groups is 2. The minimum atomic E-state index is -0.220. The van der Waals surface area contributed by atoms with Crippen molar-refractivity contribution >= 4 is 17.5 Å². The van der Waals surface area contributed by atoms with Crippen molar-refractivity contribution in [2.24, 2.45) is 0 Å². The number of benzene rings is 2. The summed E-state index contributed by atoms with van der Waals surface area (Å²) in [4.78, 5) is 26.6. The summed E-state index contributed by atoms with van der Waals surface area (Å²) >= 11 is 0. The smallest absolute Gasteiger partial charge is 0.251 e. The molecular weight excluding hydrogens is 332 g/mol. The van der Waals surface area contributed by atoms with E-state index in [0.29, 0.717) is 30.0 Å². The average Bonchev–Trinajstić information content (AvgIpc) is 3.23. The van der Waals surface area contributed by atoms with Gasteiger partial charge in [-0.05, 0) is 55.3 Å². The largest absolute Gasteiger partial charge is 0.454 e. The molecule has 2 aromatic rings. The highest BCUT2D eigenvalue weighted by molar-refractivity contribution is 5.99. The van der Waals surface area contributed by atoms with E-state index in [-0.39, 0.29) is 24.6 Å². The molecule has 1 saturated heterocycles. The summed E-state index contributed by atoms with van der Waals surface area (Å²) in [5, 5.41) is 2.94. The van der Waals surface area contributed by atoms with Crippen LogP contribution in [0.25, 0.3) is 0 Å². The number of aryl methyl sites for hydroxylation is 2. The van der Waals surface area contributed by atoms with Crippen LogP contribution in [0.5, 0.6) is 11.5 Å². The first-order valence-electron chi connectivity index (χ1n) is 8.59. The fourth-order valence-electron chi connectivity index (χ4n) is 3.25. The third kappa shape index (κ3) is 2.98. The molecule has 2 amide bonds. The van der Waals surface area contributed by atoms with Gasteiger partial charge in [0.05, 0.1) is 6.04 Å². The third-order valence-corrected chi connectivity index (χ3v) is 4.90. The van der Waals surface area contributed by atoms with E-state index in [1.54, 1.807) is 23.1 Å². The Balaban J connectivity index is 1.45. The van der Waals surface area contributed by atoms with Crippen molar-refractivity contribution < 1.29 is 19.1 Å². The summed E-state index contributed by atoms with van der Waals surface area (Å²) in [6.07, 6.45) is 0.295. The molecule has 26 heavy (non-hydrogen) atoms.